The first-order valence-corrected chi connectivity index (χ1v) is 12.5. The van der Waals surface area contributed by atoms with Gasteiger partial charge in [0.2, 0.25) is 0 Å². The second-order valence-electron chi connectivity index (χ2n) is 9.29. The first-order chi connectivity index (χ1) is 12.8. The highest BCUT2D eigenvalue weighted by molar-refractivity contribution is 14.0. The maximum Gasteiger partial charge on any atom is 0.191 e. The van der Waals surface area contributed by atoms with Crippen molar-refractivity contribution in [1.82, 2.24) is 10.6 Å². The summed E-state index contributed by atoms with van der Waals surface area (Å²) < 4.78 is 29.3. The largest absolute Gasteiger partial charge is 0.375 e. The van der Waals surface area contributed by atoms with Gasteiger partial charge in [-0.3, -0.25) is 4.99 Å². The van der Waals surface area contributed by atoms with Crippen molar-refractivity contribution in [2.24, 2.45) is 16.8 Å². The molecular formula is C20H38IN3O3S. The van der Waals surface area contributed by atoms with Gasteiger partial charge in [-0.15, -0.1) is 24.0 Å². The number of rotatable bonds is 5. The number of ether oxygens (including phenoxy) is 1. The molecule has 0 spiro atoms. The van der Waals surface area contributed by atoms with E-state index in [-0.39, 0.29) is 41.2 Å². The van der Waals surface area contributed by atoms with Gasteiger partial charge in [-0.1, -0.05) is 19.3 Å². The van der Waals surface area contributed by atoms with Crippen LogP contribution in [-0.4, -0.2) is 57.2 Å². The van der Waals surface area contributed by atoms with Crippen molar-refractivity contribution in [3.63, 3.8) is 0 Å². The zero-order valence-electron chi connectivity index (χ0n) is 17.4. The summed E-state index contributed by atoms with van der Waals surface area (Å²) in [5.74, 6) is 2.35. The van der Waals surface area contributed by atoms with E-state index in [0.29, 0.717) is 18.3 Å². The van der Waals surface area contributed by atoms with Gasteiger partial charge in [0.05, 0.1) is 17.1 Å². The van der Waals surface area contributed by atoms with E-state index in [1.165, 1.54) is 32.1 Å². The minimum Gasteiger partial charge on any atom is -0.375 e. The molecule has 2 atom stereocenters. The average molecular weight is 528 g/mol. The molecule has 2 heterocycles. The quantitative estimate of drug-likeness (QED) is 0.327. The summed E-state index contributed by atoms with van der Waals surface area (Å²) in [6.07, 6.45) is 9.30. The molecule has 1 saturated carbocycles. The van der Waals surface area contributed by atoms with Gasteiger partial charge in [0.1, 0.15) is 0 Å². The van der Waals surface area contributed by atoms with Crippen molar-refractivity contribution in [1.29, 1.82) is 0 Å². The number of guanidine groups is 1. The Labute approximate surface area is 188 Å². The lowest BCUT2D eigenvalue weighted by atomic mass is 9.89. The SMILES string of the molecule is CC1(C)CC(NC(=NCC2CCS(=O)(=O)C2)NCC2CCCCC2)CCO1.I. The molecule has 6 nitrogen and oxygen atoms in total. The van der Waals surface area contributed by atoms with Crippen molar-refractivity contribution >= 4 is 39.8 Å². The van der Waals surface area contributed by atoms with E-state index in [0.717, 1.165) is 44.3 Å². The summed E-state index contributed by atoms with van der Waals surface area (Å²) >= 11 is 0. The van der Waals surface area contributed by atoms with Crippen LogP contribution in [0.15, 0.2) is 4.99 Å². The molecule has 3 fully saturated rings. The van der Waals surface area contributed by atoms with Crippen LogP contribution in [-0.2, 0) is 14.6 Å². The lowest BCUT2D eigenvalue weighted by Crippen LogP contribution is -2.50. The van der Waals surface area contributed by atoms with E-state index in [9.17, 15) is 8.42 Å². The molecule has 2 unspecified atom stereocenters. The predicted molar refractivity (Wildman–Crippen MR) is 125 cm³/mol. The molecule has 2 N–H and O–H groups in total. The first kappa shape index (κ1) is 24.2. The second-order valence-corrected chi connectivity index (χ2v) is 11.5. The molecule has 0 amide bonds. The number of hydrogen-bond donors (Lipinski definition) is 2. The van der Waals surface area contributed by atoms with E-state index >= 15 is 0 Å². The molecule has 164 valence electrons. The molecule has 2 aliphatic heterocycles. The molecule has 0 aromatic carbocycles. The van der Waals surface area contributed by atoms with E-state index in [1.54, 1.807) is 0 Å². The monoisotopic (exact) mass is 527 g/mol. The third-order valence-electron chi connectivity index (χ3n) is 6.16. The molecule has 3 aliphatic rings. The van der Waals surface area contributed by atoms with Gasteiger partial charge in [0.15, 0.2) is 15.8 Å². The van der Waals surface area contributed by atoms with Gasteiger partial charge in [-0.2, -0.15) is 0 Å². The lowest BCUT2D eigenvalue weighted by Gasteiger charge is -2.36. The van der Waals surface area contributed by atoms with Crippen LogP contribution in [0.3, 0.4) is 0 Å². The van der Waals surface area contributed by atoms with Crippen molar-refractivity contribution < 1.29 is 13.2 Å². The first-order valence-electron chi connectivity index (χ1n) is 10.7. The Kier molecular flexibility index (Phi) is 9.32. The van der Waals surface area contributed by atoms with Crippen molar-refractivity contribution in [3.05, 3.63) is 0 Å². The number of aliphatic imine (C=N–C) groups is 1. The van der Waals surface area contributed by atoms with E-state index in [4.69, 9.17) is 9.73 Å². The average Bonchev–Trinajstić information content (AvgIpc) is 2.96. The van der Waals surface area contributed by atoms with Crippen LogP contribution in [0.2, 0.25) is 0 Å². The number of halogens is 1. The molecule has 0 aromatic rings. The number of hydrogen-bond acceptors (Lipinski definition) is 4. The fraction of sp³-hybridized carbons (Fsp3) is 0.950. The van der Waals surface area contributed by atoms with Crippen LogP contribution in [0.5, 0.6) is 0 Å². The highest BCUT2D eigenvalue weighted by atomic mass is 127. The Hall–Kier alpha value is -0.0900. The minimum absolute atomic E-state index is 0. The number of nitrogens with zero attached hydrogens (tertiary/aromatic N) is 1. The van der Waals surface area contributed by atoms with Crippen LogP contribution in [0.1, 0.15) is 65.2 Å². The summed E-state index contributed by atoms with van der Waals surface area (Å²) in [5.41, 5.74) is -0.107. The number of sulfone groups is 1. The zero-order valence-corrected chi connectivity index (χ0v) is 20.6. The van der Waals surface area contributed by atoms with Gasteiger partial charge in [-0.25, -0.2) is 8.42 Å². The molecule has 8 heteroatoms. The highest BCUT2D eigenvalue weighted by Crippen LogP contribution is 2.25. The van der Waals surface area contributed by atoms with Crippen LogP contribution >= 0.6 is 24.0 Å². The zero-order chi connectivity index (χ0) is 19.3. The van der Waals surface area contributed by atoms with Crippen LogP contribution < -0.4 is 10.6 Å². The van der Waals surface area contributed by atoms with Gasteiger partial charge in [-0.05, 0) is 57.8 Å². The molecule has 1 aliphatic carbocycles. The van der Waals surface area contributed by atoms with Gasteiger partial charge in [0, 0.05) is 25.7 Å². The molecule has 3 rings (SSSR count). The highest BCUT2D eigenvalue weighted by Gasteiger charge is 2.30. The maximum absolute atomic E-state index is 11.7. The summed E-state index contributed by atoms with van der Waals surface area (Å²) in [4.78, 5) is 4.79. The third-order valence-corrected chi connectivity index (χ3v) is 7.99. The van der Waals surface area contributed by atoms with Crippen molar-refractivity contribution in [3.8, 4) is 0 Å². The Bertz CT molecular complexity index is 618. The molecule has 0 bridgehead atoms. The Morgan fingerprint density at radius 1 is 1.11 bits per heavy atom. The fourth-order valence-corrected chi connectivity index (χ4v) is 6.42. The van der Waals surface area contributed by atoms with Crippen LogP contribution in [0, 0.1) is 11.8 Å². The molecule has 2 saturated heterocycles. The minimum atomic E-state index is -2.84. The molecular weight excluding hydrogens is 489 g/mol. The summed E-state index contributed by atoms with van der Waals surface area (Å²) in [7, 11) is -2.84. The third kappa shape index (κ3) is 7.97. The smallest absolute Gasteiger partial charge is 0.191 e. The van der Waals surface area contributed by atoms with Crippen LogP contribution in [0.25, 0.3) is 0 Å². The lowest BCUT2D eigenvalue weighted by molar-refractivity contribution is -0.0605. The fourth-order valence-electron chi connectivity index (χ4n) is 4.57. The summed E-state index contributed by atoms with van der Waals surface area (Å²) in [5, 5.41) is 7.16. The second kappa shape index (κ2) is 10.8. The molecule has 0 radical (unpaired) electrons. The van der Waals surface area contributed by atoms with Crippen molar-refractivity contribution in [2.75, 3.05) is 31.2 Å². The van der Waals surface area contributed by atoms with E-state index in [2.05, 4.69) is 24.5 Å². The maximum atomic E-state index is 11.7. The van der Waals surface area contributed by atoms with Crippen LogP contribution in [0.4, 0.5) is 0 Å². The topological polar surface area (TPSA) is 79.8 Å². The Balaban J connectivity index is 0.00000280. The Morgan fingerprint density at radius 2 is 1.86 bits per heavy atom. The Morgan fingerprint density at radius 3 is 2.50 bits per heavy atom. The summed E-state index contributed by atoms with van der Waals surface area (Å²) in [6, 6.07) is 0.346. The van der Waals surface area contributed by atoms with E-state index in [1.807, 2.05) is 0 Å². The van der Waals surface area contributed by atoms with E-state index < -0.39 is 9.84 Å². The van der Waals surface area contributed by atoms with Gasteiger partial charge >= 0.3 is 0 Å². The van der Waals surface area contributed by atoms with Gasteiger partial charge < -0.3 is 15.4 Å². The normalized spacial score (nSPS) is 30.4. The predicted octanol–water partition coefficient (Wildman–Crippen LogP) is 3.11. The van der Waals surface area contributed by atoms with Crippen molar-refractivity contribution in [2.45, 2.75) is 76.9 Å². The standard InChI is InChI=1S/C20H37N3O3S.HI/c1-20(2)12-18(8-10-26-20)23-19(21-13-16-6-4-3-5-7-16)22-14-17-9-11-27(24,25)15-17;/h16-18H,3-15H2,1-2H3,(H2,21,22,23);1H. The number of nitrogens with one attached hydrogen (secondary N) is 2. The molecule has 0 aromatic heterocycles. The molecule has 28 heavy (non-hydrogen) atoms. The van der Waals surface area contributed by atoms with Gasteiger partial charge in [0.25, 0.3) is 0 Å². The summed E-state index contributed by atoms with van der Waals surface area (Å²) in [6.45, 7) is 6.59.